The van der Waals surface area contributed by atoms with Crippen LogP contribution in [-0.4, -0.2) is 57.4 Å². The summed E-state index contributed by atoms with van der Waals surface area (Å²) >= 11 is 0. The molecule has 1 heterocycles. The van der Waals surface area contributed by atoms with Crippen molar-refractivity contribution >= 4 is 29.7 Å². The first kappa shape index (κ1) is 30.8. The summed E-state index contributed by atoms with van der Waals surface area (Å²) in [7, 11) is 0. The Morgan fingerprint density at radius 1 is 0.895 bits per heavy atom. The van der Waals surface area contributed by atoms with Gasteiger partial charge in [0.05, 0.1) is 6.54 Å². The van der Waals surface area contributed by atoms with E-state index in [0.29, 0.717) is 6.54 Å². The van der Waals surface area contributed by atoms with Gasteiger partial charge in [-0.05, 0) is 74.3 Å². The van der Waals surface area contributed by atoms with Gasteiger partial charge in [-0.2, -0.15) is 5.10 Å². The van der Waals surface area contributed by atoms with Gasteiger partial charge in [-0.25, -0.2) is 19.3 Å². The van der Waals surface area contributed by atoms with Gasteiger partial charge in [0.1, 0.15) is 28.6 Å². The molecule has 0 spiro atoms. The highest BCUT2D eigenvalue weighted by atomic mass is 16.6. The lowest BCUT2D eigenvalue weighted by atomic mass is 9.98. The van der Waals surface area contributed by atoms with Gasteiger partial charge >= 0.3 is 18.0 Å². The summed E-state index contributed by atoms with van der Waals surface area (Å²) in [6.07, 6.45) is -1.14. The highest BCUT2D eigenvalue weighted by molar-refractivity contribution is 6.37. The van der Waals surface area contributed by atoms with E-state index in [1.807, 2.05) is 30.3 Å². The molecule has 0 aliphatic carbocycles. The third kappa shape index (κ3) is 9.79. The lowest BCUT2D eigenvalue weighted by Crippen LogP contribution is -2.47. The number of imide groups is 1. The summed E-state index contributed by atoms with van der Waals surface area (Å²) in [5, 5.41) is 4.25. The van der Waals surface area contributed by atoms with Crippen molar-refractivity contribution in [1.29, 1.82) is 0 Å². The maximum absolute atomic E-state index is 13.4. The van der Waals surface area contributed by atoms with E-state index in [9.17, 15) is 19.2 Å². The average molecular weight is 532 g/mol. The fraction of sp³-hybridized carbons (Fsp3) is 0.607. The van der Waals surface area contributed by atoms with Gasteiger partial charge in [-0.3, -0.25) is 4.79 Å². The molecular weight excluding hydrogens is 490 g/mol. The fourth-order valence-corrected chi connectivity index (χ4v) is 3.66. The number of hydrogen-bond acceptors (Lipinski definition) is 9. The smallest absolute Gasteiger partial charge is 0.417 e. The second-order valence-corrected chi connectivity index (χ2v) is 12.3. The van der Waals surface area contributed by atoms with E-state index in [2.05, 4.69) is 10.5 Å². The molecule has 1 N–H and O–H groups in total. The first-order chi connectivity index (χ1) is 17.4. The SMILES string of the molecule is CC(C)(C)OC(=O)/C(CC1C[C@@H](C(=O)OC(C)(C)C)N(C(=O)OC(C)(C)C)C1=O)=N\NCc1ccccc1. The van der Waals surface area contributed by atoms with E-state index < -0.39 is 52.7 Å². The van der Waals surface area contributed by atoms with E-state index in [4.69, 9.17) is 14.2 Å². The first-order valence-electron chi connectivity index (χ1n) is 12.7. The summed E-state index contributed by atoms with van der Waals surface area (Å²) in [5.41, 5.74) is 1.27. The van der Waals surface area contributed by atoms with E-state index in [1.54, 1.807) is 62.3 Å². The van der Waals surface area contributed by atoms with Crippen LogP contribution in [0.4, 0.5) is 4.79 Å². The molecule has 1 fully saturated rings. The van der Waals surface area contributed by atoms with Gasteiger partial charge in [-0.15, -0.1) is 0 Å². The van der Waals surface area contributed by atoms with Crippen LogP contribution in [0.3, 0.4) is 0 Å². The normalized spacial score (nSPS) is 18.7. The minimum atomic E-state index is -1.20. The van der Waals surface area contributed by atoms with Gasteiger partial charge in [-0.1, -0.05) is 30.3 Å². The zero-order chi connectivity index (χ0) is 28.9. The zero-order valence-electron chi connectivity index (χ0n) is 23.9. The molecule has 0 aromatic heterocycles. The van der Waals surface area contributed by atoms with E-state index in [0.717, 1.165) is 10.5 Å². The average Bonchev–Trinajstić information content (AvgIpc) is 3.06. The van der Waals surface area contributed by atoms with Crippen LogP contribution in [-0.2, 0) is 35.1 Å². The Bertz CT molecular complexity index is 1050. The second kappa shape index (κ2) is 12.0. The lowest BCUT2D eigenvalue weighted by molar-refractivity contribution is -0.161. The van der Waals surface area contributed by atoms with Crippen LogP contribution >= 0.6 is 0 Å². The number of rotatable bonds is 7. The molecule has 0 saturated carbocycles. The second-order valence-electron chi connectivity index (χ2n) is 12.3. The van der Waals surface area contributed by atoms with Crippen LogP contribution in [0.5, 0.6) is 0 Å². The monoisotopic (exact) mass is 531 g/mol. The number of nitrogens with one attached hydrogen (secondary N) is 1. The Morgan fingerprint density at radius 3 is 1.97 bits per heavy atom. The van der Waals surface area contributed by atoms with Crippen molar-refractivity contribution in [3.63, 3.8) is 0 Å². The standard InChI is InChI=1S/C28H41N3O7/c1-26(2,3)36-23(33)20(30-29-17-18-13-11-10-12-14-18)15-19-16-21(24(34)37-27(4,5)6)31(22(19)32)25(35)38-28(7,8)9/h10-14,19,21,29H,15-17H2,1-9H3/b30-20-/t19?,21-/m0/s1. The number of carbonyl (C=O) groups excluding carboxylic acids is 4. The van der Waals surface area contributed by atoms with Gasteiger partial charge in [0.2, 0.25) is 5.91 Å². The Balaban J connectivity index is 2.33. The number of hydrogen-bond donors (Lipinski definition) is 1. The molecule has 38 heavy (non-hydrogen) atoms. The van der Waals surface area contributed by atoms with E-state index in [-0.39, 0.29) is 18.6 Å². The quantitative estimate of drug-likeness (QED) is 0.238. The molecule has 1 unspecified atom stereocenters. The van der Waals surface area contributed by atoms with E-state index >= 15 is 0 Å². The Labute approximate surface area is 225 Å². The van der Waals surface area contributed by atoms with Gasteiger partial charge in [0, 0.05) is 12.3 Å². The number of esters is 2. The number of benzene rings is 1. The third-order valence-electron chi connectivity index (χ3n) is 5.09. The zero-order valence-corrected chi connectivity index (χ0v) is 23.9. The van der Waals surface area contributed by atoms with Crippen molar-refractivity contribution in [2.24, 2.45) is 11.0 Å². The molecule has 1 aliphatic heterocycles. The Kier molecular flexibility index (Phi) is 9.69. The minimum absolute atomic E-state index is 0.0248. The van der Waals surface area contributed by atoms with Crippen molar-refractivity contribution in [2.45, 2.75) is 105 Å². The minimum Gasteiger partial charge on any atom is -0.458 e. The number of amides is 2. The molecule has 0 radical (unpaired) electrons. The molecule has 10 nitrogen and oxygen atoms in total. The summed E-state index contributed by atoms with van der Waals surface area (Å²) in [5.74, 6) is -2.97. The highest BCUT2D eigenvalue weighted by Gasteiger charge is 2.50. The van der Waals surface area contributed by atoms with Crippen LogP contribution in [0.15, 0.2) is 35.4 Å². The van der Waals surface area contributed by atoms with Crippen LogP contribution in [0.2, 0.25) is 0 Å². The fourth-order valence-electron chi connectivity index (χ4n) is 3.66. The predicted molar refractivity (Wildman–Crippen MR) is 142 cm³/mol. The molecule has 0 bridgehead atoms. The Morgan fingerprint density at radius 2 is 1.45 bits per heavy atom. The van der Waals surface area contributed by atoms with Crippen molar-refractivity contribution < 1.29 is 33.4 Å². The number of carbonyl (C=O) groups is 4. The van der Waals surface area contributed by atoms with Gasteiger partial charge < -0.3 is 19.6 Å². The third-order valence-corrected chi connectivity index (χ3v) is 5.09. The predicted octanol–water partition coefficient (Wildman–Crippen LogP) is 4.36. The van der Waals surface area contributed by atoms with Gasteiger partial charge in [0.15, 0.2) is 0 Å². The van der Waals surface area contributed by atoms with Gasteiger partial charge in [0.25, 0.3) is 0 Å². The van der Waals surface area contributed by atoms with E-state index in [1.165, 1.54) is 0 Å². The molecule has 1 saturated heterocycles. The summed E-state index contributed by atoms with van der Waals surface area (Å²) in [6, 6.07) is 8.27. The maximum atomic E-state index is 13.4. The highest BCUT2D eigenvalue weighted by Crippen LogP contribution is 2.31. The molecule has 10 heteroatoms. The summed E-state index contributed by atoms with van der Waals surface area (Å²) in [6.45, 7) is 15.6. The molecule has 2 amide bonds. The summed E-state index contributed by atoms with van der Waals surface area (Å²) < 4.78 is 16.4. The molecule has 1 aliphatic rings. The molecule has 1 aromatic rings. The largest absolute Gasteiger partial charge is 0.458 e. The topological polar surface area (TPSA) is 124 Å². The van der Waals surface area contributed by atoms with Crippen LogP contribution in [0, 0.1) is 5.92 Å². The van der Waals surface area contributed by atoms with Crippen LogP contribution in [0.1, 0.15) is 80.7 Å². The van der Waals surface area contributed by atoms with Crippen molar-refractivity contribution in [1.82, 2.24) is 10.3 Å². The maximum Gasteiger partial charge on any atom is 0.417 e. The number of hydrazone groups is 1. The molecule has 1 aromatic carbocycles. The van der Waals surface area contributed by atoms with Crippen molar-refractivity contribution in [3.8, 4) is 0 Å². The van der Waals surface area contributed by atoms with Crippen molar-refractivity contribution in [3.05, 3.63) is 35.9 Å². The number of likely N-dealkylation sites (tertiary alicyclic amines) is 1. The van der Waals surface area contributed by atoms with Crippen LogP contribution in [0.25, 0.3) is 0 Å². The summed E-state index contributed by atoms with van der Waals surface area (Å²) in [4.78, 5) is 53.2. The molecule has 2 atom stereocenters. The van der Waals surface area contributed by atoms with Crippen molar-refractivity contribution in [2.75, 3.05) is 0 Å². The number of nitrogens with zero attached hydrogens (tertiary/aromatic N) is 2. The molecule has 2 rings (SSSR count). The number of ether oxygens (including phenoxy) is 3. The Hall–Kier alpha value is -3.43. The first-order valence-corrected chi connectivity index (χ1v) is 12.7. The lowest BCUT2D eigenvalue weighted by Gasteiger charge is -2.28. The van der Waals surface area contributed by atoms with Crippen LogP contribution < -0.4 is 5.43 Å². The molecule has 210 valence electrons. The molecular formula is C28H41N3O7.